The molecule has 0 bridgehead atoms. The molecule has 0 atom stereocenters. The summed E-state index contributed by atoms with van der Waals surface area (Å²) in [6, 6.07) is 8.09. The van der Waals surface area contributed by atoms with Gasteiger partial charge in [0.05, 0.1) is 5.52 Å². The fourth-order valence-corrected chi connectivity index (χ4v) is 1.98. The van der Waals surface area contributed by atoms with Crippen molar-refractivity contribution in [2.75, 3.05) is 31.1 Å². The molecule has 1 aromatic heterocycles. The largest absolute Gasteiger partial charge is 0.338 e. The van der Waals surface area contributed by atoms with Gasteiger partial charge in [-0.15, -0.1) is 0 Å². The van der Waals surface area contributed by atoms with Crippen LogP contribution in [0, 0.1) is 0 Å². The molecule has 4 nitrogen and oxygen atoms in total. The summed E-state index contributed by atoms with van der Waals surface area (Å²) in [6.07, 6.45) is 1.90. The number of anilines is 1. The topological polar surface area (TPSA) is 41.1 Å². The first kappa shape index (κ1) is 9.54. The Morgan fingerprint density at radius 3 is 2.81 bits per heavy atom. The number of benzene rings is 1. The lowest BCUT2D eigenvalue weighted by Gasteiger charge is -2.27. The standard InChI is InChI=1S/C12H14N4/c1-2-4-11-10(3-1)9-14-12(15-11)16-7-5-13-6-8-16/h1-4,9,13H,5-8H2. The van der Waals surface area contributed by atoms with Crippen LogP contribution < -0.4 is 10.2 Å². The number of nitrogens with zero attached hydrogens (tertiary/aromatic N) is 3. The number of rotatable bonds is 1. The van der Waals surface area contributed by atoms with Gasteiger partial charge in [-0.1, -0.05) is 18.2 Å². The summed E-state index contributed by atoms with van der Waals surface area (Å²) >= 11 is 0. The Hall–Kier alpha value is -1.68. The molecule has 82 valence electrons. The Balaban J connectivity index is 1.97. The lowest BCUT2D eigenvalue weighted by molar-refractivity contribution is 0.580. The van der Waals surface area contributed by atoms with E-state index in [1.807, 2.05) is 30.5 Å². The number of nitrogens with one attached hydrogen (secondary N) is 1. The highest BCUT2D eigenvalue weighted by Gasteiger charge is 2.12. The zero-order chi connectivity index (χ0) is 10.8. The quantitative estimate of drug-likeness (QED) is 0.770. The van der Waals surface area contributed by atoms with Gasteiger partial charge in [0.25, 0.3) is 0 Å². The van der Waals surface area contributed by atoms with Gasteiger partial charge < -0.3 is 10.2 Å². The molecule has 0 aliphatic carbocycles. The van der Waals surface area contributed by atoms with Gasteiger partial charge in [-0.05, 0) is 6.07 Å². The molecule has 1 saturated heterocycles. The number of aromatic nitrogens is 2. The molecular weight excluding hydrogens is 200 g/mol. The van der Waals surface area contributed by atoms with Crippen molar-refractivity contribution in [3.8, 4) is 0 Å². The van der Waals surface area contributed by atoms with Crippen molar-refractivity contribution >= 4 is 16.9 Å². The molecular formula is C12H14N4. The minimum atomic E-state index is 0.847. The first-order valence-electron chi connectivity index (χ1n) is 5.61. The highest BCUT2D eigenvalue weighted by Crippen LogP contribution is 2.14. The number of para-hydroxylation sites is 1. The first-order valence-corrected chi connectivity index (χ1v) is 5.61. The second kappa shape index (κ2) is 4.06. The maximum Gasteiger partial charge on any atom is 0.225 e. The van der Waals surface area contributed by atoms with Crippen LogP contribution in [0.15, 0.2) is 30.5 Å². The average molecular weight is 214 g/mol. The molecule has 1 N–H and O–H groups in total. The highest BCUT2D eigenvalue weighted by molar-refractivity contribution is 5.78. The summed E-state index contributed by atoms with van der Waals surface area (Å²) in [6.45, 7) is 3.99. The molecule has 1 aromatic carbocycles. The van der Waals surface area contributed by atoms with Gasteiger partial charge >= 0.3 is 0 Å². The third-order valence-electron chi connectivity index (χ3n) is 2.88. The fraction of sp³-hybridized carbons (Fsp3) is 0.333. The molecule has 0 radical (unpaired) electrons. The molecule has 0 unspecified atom stereocenters. The van der Waals surface area contributed by atoms with E-state index < -0.39 is 0 Å². The predicted octanol–water partition coefficient (Wildman–Crippen LogP) is 1.04. The van der Waals surface area contributed by atoms with E-state index >= 15 is 0 Å². The van der Waals surface area contributed by atoms with Gasteiger partial charge in [0.15, 0.2) is 0 Å². The lowest BCUT2D eigenvalue weighted by atomic mass is 10.2. The minimum absolute atomic E-state index is 0.847. The Bertz CT molecular complexity index is 491. The molecule has 0 saturated carbocycles. The average Bonchev–Trinajstić information content (AvgIpc) is 2.39. The van der Waals surface area contributed by atoms with E-state index in [4.69, 9.17) is 0 Å². The van der Waals surface area contributed by atoms with Crippen LogP contribution in [0.2, 0.25) is 0 Å². The van der Waals surface area contributed by atoms with Gasteiger partial charge in [-0.2, -0.15) is 0 Å². The number of piperazine rings is 1. The third kappa shape index (κ3) is 1.72. The van der Waals surface area contributed by atoms with Gasteiger partial charge in [0.1, 0.15) is 0 Å². The molecule has 4 heteroatoms. The zero-order valence-corrected chi connectivity index (χ0v) is 9.06. The van der Waals surface area contributed by atoms with Gasteiger partial charge in [-0.25, -0.2) is 9.97 Å². The molecule has 1 aliphatic heterocycles. The Morgan fingerprint density at radius 2 is 1.94 bits per heavy atom. The Morgan fingerprint density at radius 1 is 1.12 bits per heavy atom. The number of hydrogen-bond acceptors (Lipinski definition) is 4. The molecule has 2 aromatic rings. The van der Waals surface area contributed by atoms with E-state index in [1.54, 1.807) is 0 Å². The van der Waals surface area contributed by atoms with Gasteiger partial charge in [-0.3, -0.25) is 0 Å². The second-order valence-corrected chi connectivity index (χ2v) is 3.97. The fourth-order valence-electron chi connectivity index (χ4n) is 1.98. The minimum Gasteiger partial charge on any atom is -0.338 e. The van der Waals surface area contributed by atoms with Crippen LogP contribution in [0.1, 0.15) is 0 Å². The summed E-state index contributed by atoms with van der Waals surface area (Å²) in [4.78, 5) is 11.2. The van der Waals surface area contributed by atoms with Crippen molar-refractivity contribution in [2.45, 2.75) is 0 Å². The molecule has 2 heterocycles. The molecule has 0 spiro atoms. The summed E-state index contributed by atoms with van der Waals surface area (Å²) in [5, 5.41) is 4.42. The van der Waals surface area contributed by atoms with Crippen molar-refractivity contribution in [1.82, 2.24) is 15.3 Å². The number of fused-ring (bicyclic) bond motifs is 1. The van der Waals surface area contributed by atoms with Crippen LogP contribution in [0.5, 0.6) is 0 Å². The van der Waals surface area contributed by atoms with Crippen molar-refractivity contribution < 1.29 is 0 Å². The normalized spacial score (nSPS) is 16.6. The summed E-state index contributed by atoms with van der Waals surface area (Å²) < 4.78 is 0. The molecule has 16 heavy (non-hydrogen) atoms. The monoisotopic (exact) mass is 214 g/mol. The van der Waals surface area contributed by atoms with Crippen LogP contribution in [0.25, 0.3) is 10.9 Å². The predicted molar refractivity (Wildman–Crippen MR) is 64.6 cm³/mol. The molecule has 3 rings (SSSR count). The Kier molecular flexibility index (Phi) is 2.42. The van der Waals surface area contributed by atoms with E-state index in [0.717, 1.165) is 43.0 Å². The van der Waals surface area contributed by atoms with E-state index in [-0.39, 0.29) is 0 Å². The lowest BCUT2D eigenvalue weighted by Crippen LogP contribution is -2.44. The van der Waals surface area contributed by atoms with Crippen molar-refractivity contribution in [1.29, 1.82) is 0 Å². The second-order valence-electron chi connectivity index (χ2n) is 3.97. The van der Waals surface area contributed by atoms with Crippen molar-refractivity contribution in [3.63, 3.8) is 0 Å². The van der Waals surface area contributed by atoms with E-state index in [2.05, 4.69) is 20.2 Å². The Labute approximate surface area is 94.3 Å². The van der Waals surface area contributed by atoms with Crippen LogP contribution in [0.4, 0.5) is 5.95 Å². The number of hydrogen-bond donors (Lipinski definition) is 1. The van der Waals surface area contributed by atoms with E-state index in [1.165, 1.54) is 0 Å². The van der Waals surface area contributed by atoms with E-state index in [9.17, 15) is 0 Å². The van der Waals surface area contributed by atoms with Crippen LogP contribution in [0.3, 0.4) is 0 Å². The molecule has 0 amide bonds. The maximum absolute atomic E-state index is 4.59. The van der Waals surface area contributed by atoms with Crippen LogP contribution in [-0.4, -0.2) is 36.1 Å². The van der Waals surface area contributed by atoms with E-state index in [0.29, 0.717) is 0 Å². The van der Waals surface area contributed by atoms with Crippen molar-refractivity contribution in [3.05, 3.63) is 30.5 Å². The van der Waals surface area contributed by atoms with Gasteiger partial charge in [0, 0.05) is 37.8 Å². The SMILES string of the molecule is c1ccc2nc(N3CCNCC3)ncc2c1. The smallest absolute Gasteiger partial charge is 0.225 e. The summed E-state index contributed by atoms with van der Waals surface area (Å²) in [5.74, 6) is 0.847. The summed E-state index contributed by atoms with van der Waals surface area (Å²) in [7, 11) is 0. The first-order chi connectivity index (χ1) is 7.93. The van der Waals surface area contributed by atoms with Crippen LogP contribution >= 0.6 is 0 Å². The highest BCUT2D eigenvalue weighted by atomic mass is 15.3. The summed E-state index contributed by atoms with van der Waals surface area (Å²) in [5.41, 5.74) is 1.02. The maximum atomic E-state index is 4.59. The molecule has 1 aliphatic rings. The third-order valence-corrected chi connectivity index (χ3v) is 2.88. The van der Waals surface area contributed by atoms with Crippen molar-refractivity contribution in [2.24, 2.45) is 0 Å². The zero-order valence-electron chi connectivity index (χ0n) is 9.06. The van der Waals surface area contributed by atoms with Crippen LogP contribution in [-0.2, 0) is 0 Å². The molecule has 1 fully saturated rings. The van der Waals surface area contributed by atoms with Gasteiger partial charge in [0.2, 0.25) is 5.95 Å².